The quantitative estimate of drug-likeness (QED) is 0.451. The van der Waals surface area contributed by atoms with E-state index in [2.05, 4.69) is 12.2 Å². The molecule has 1 rings (SSSR count). The fourth-order valence-corrected chi connectivity index (χ4v) is 1.09. The van der Waals surface area contributed by atoms with Gasteiger partial charge in [0.25, 0.3) is 0 Å². The zero-order valence-electron chi connectivity index (χ0n) is 6.70. The molecule has 13 heavy (non-hydrogen) atoms. The van der Waals surface area contributed by atoms with Crippen LogP contribution in [-0.2, 0) is 0 Å². The molecule has 0 radical (unpaired) electrons. The summed E-state index contributed by atoms with van der Waals surface area (Å²) in [4.78, 5) is 0. The minimum Gasteiger partial charge on any atom is -0.501 e. The Morgan fingerprint density at radius 1 is 1.38 bits per heavy atom. The van der Waals surface area contributed by atoms with Crippen LogP contribution in [0.3, 0.4) is 0 Å². The highest BCUT2D eigenvalue weighted by Gasteiger charge is 2.11. The summed E-state index contributed by atoms with van der Waals surface area (Å²) in [5, 5.41) is 8.07. The van der Waals surface area contributed by atoms with Gasteiger partial charge in [0.1, 0.15) is 5.38 Å². The lowest BCUT2D eigenvalue weighted by Crippen LogP contribution is -2.02. The molecule has 1 atom stereocenters. The number of halogens is 1. The third-order valence-corrected chi connectivity index (χ3v) is 2.27. The normalized spacial score (nSPS) is 11.5. The number of nitrogens with two attached hydrogens (primary N) is 1. The number of nitrogen functional groups attached to an aromatic ring is 1. The van der Waals surface area contributed by atoms with Gasteiger partial charge in [0, 0.05) is 5.69 Å². The van der Waals surface area contributed by atoms with E-state index >= 15 is 0 Å². The van der Waals surface area contributed by atoms with Crippen LogP contribution >= 0.6 is 23.8 Å². The molecule has 5 N–H and O–H groups in total. The molecule has 0 fully saturated rings. The molecule has 0 aliphatic carbocycles. The van der Waals surface area contributed by atoms with E-state index in [1.807, 2.05) is 0 Å². The van der Waals surface area contributed by atoms with Crippen molar-refractivity contribution in [2.45, 2.75) is 5.38 Å². The first-order chi connectivity index (χ1) is 5.61. The SMILES string of the molecule is Nc1ccc(C(Cl)C(O)=S)cc1.O. The smallest absolute Gasteiger partial charge is 0.179 e. The summed E-state index contributed by atoms with van der Waals surface area (Å²) in [5.74, 6) is 0. The number of rotatable bonds is 2. The van der Waals surface area contributed by atoms with E-state index in [0.29, 0.717) is 5.69 Å². The molecule has 0 aliphatic heterocycles. The molecule has 0 saturated carbocycles. The number of thiocarbonyl (C=S) groups is 1. The van der Waals surface area contributed by atoms with Crippen LogP contribution in [0.15, 0.2) is 24.3 Å². The maximum absolute atomic E-state index is 8.91. The number of benzene rings is 1. The van der Waals surface area contributed by atoms with Crippen LogP contribution < -0.4 is 5.73 Å². The molecule has 0 spiro atoms. The first kappa shape index (κ1) is 12.2. The van der Waals surface area contributed by atoms with Crippen molar-refractivity contribution in [3.63, 3.8) is 0 Å². The molecular formula is C8H10ClNO2S. The van der Waals surface area contributed by atoms with Gasteiger partial charge >= 0.3 is 0 Å². The molecule has 0 aromatic heterocycles. The molecule has 1 aromatic rings. The molecule has 3 nitrogen and oxygen atoms in total. The van der Waals surface area contributed by atoms with Gasteiger partial charge in [0.15, 0.2) is 5.05 Å². The number of hydrogen-bond acceptors (Lipinski definition) is 2. The van der Waals surface area contributed by atoms with Crippen molar-refractivity contribution in [1.82, 2.24) is 0 Å². The lowest BCUT2D eigenvalue weighted by molar-refractivity contribution is 0.553. The van der Waals surface area contributed by atoms with E-state index in [0.717, 1.165) is 5.56 Å². The minimum atomic E-state index is -0.624. The van der Waals surface area contributed by atoms with Crippen LogP contribution in [0.5, 0.6) is 0 Å². The number of anilines is 1. The summed E-state index contributed by atoms with van der Waals surface area (Å²) in [6, 6.07) is 6.89. The molecule has 1 unspecified atom stereocenters. The number of alkyl halides is 1. The van der Waals surface area contributed by atoms with Gasteiger partial charge in [-0.3, -0.25) is 0 Å². The number of aliphatic hydroxyl groups excluding tert-OH is 1. The zero-order chi connectivity index (χ0) is 9.14. The average molecular weight is 220 g/mol. The monoisotopic (exact) mass is 219 g/mol. The van der Waals surface area contributed by atoms with Crippen LogP contribution in [0.25, 0.3) is 0 Å². The molecule has 0 bridgehead atoms. The second-order valence-corrected chi connectivity index (χ2v) is 3.22. The second kappa shape index (κ2) is 5.01. The van der Waals surface area contributed by atoms with E-state index in [1.54, 1.807) is 24.3 Å². The molecule has 5 heteroatoms. The molecule has 1 aromatic carbocycles. The minimum absolute atomic E-state index is 0. The Balaban J connectivity index is 0.00000144. The summed E-state index contributed by atoms with van der Waals surface area (Å²) in [6.07, 6.45) is 0. The number of hydrogen-bond donors (Lipinski definition) is 2. The van der Waals surface area contributed by atoms with Crippen molar-refractivity contribution in [2.24, 2.45) is 0 Å². The third kappa shape index (κ3) is 3.18. The summed E-state index contributed by atoms with van der Waals surface area (Å²) in [6.45, 7) is 0. The van der Waals surface area contributed by atoms with Gasteiger partial charge in [0.2, 0.25) is 0 Å². The fraction of sp³-hybridized carbons (Fsp3) is 0.125. The van der Waals surface area contributed by atoms with Crippen molar-refractivity contribution in [1.29, 1.82) is 0 Å². The first-order valence-electron chi connectivity index (χ1n) is 3.33. The Kier molecular flexibility index (Phi) is 4.69. The van der Waals surface area contributed by atoms with Crippen molar-refractivity contribution in [2.75, 3.05) is 5.73 Å². The Bertz CT molecular complexity index is 289. The summed E-state index contributed by atoms with van der Waals surface area (Å²) >= 11 is 10.3. The topological polar surface area (TPSA) is 77.8 Å². The number of aliphatic hydroxyl groups is 1. The highest BCUT2D eigenvalue weighted by atomic mass is 35.5. The summed E-state index contributed by atoms with van der Waals surface area (Å²) in [7, 11) is 0. The Labute approximate surface area is 86.4 Å². The van der Waals surface area contributed by atoms with Gasteiger partial charge in [-0.05, 0) is 29.9 Å². The van der Waals surface area contributed by atoms with Gasteiger partial charge in [-0.1, -0.05) is 12.1 Å². The van der Waals surface area contributed by atoms with Crippen molar-refractivity contribution in [3.8, 4) is 0 Å². The second-order valence-electron chi connectivity index (χ2n) is 2.37. The highest BCUT2D eigenvalue weighted by Crippen LogP contribution is 2.21. The average Bonchev–Trinajstić information content (AvgIpc) is 2.04. The molecule has 0 amide bonds. The van der Waals surface area contributed by atoms with Gasteiger partial charge in [-0.25, -0.2) is 0 Å². The van der Waals surface area contributed by atoms with Gasteiger partial charge < -0.3 is 16.3 Å². The van der Waals surface area contributed by atoms with Crippen LogP contribution in [0, 0.1) is 0 Å². The Hall–Kier alpha value is -0.840. The van der Waals surface area contributed by atoms with Gasteiger partial charge in [-0.15, -0.1) is 11.6 Å². The van der Waals surface area contributed by atoms with Crippen molar-refractivity contribution in [3.05, 3.63) is 29.8 Å². The van der Waals surface area contributed by atoms with E-state index in [9.17, 15) is 0 Å². The largest absolute Gasteiger partial charge is 0.501 e. The van der Waals surface area contributed by atoms with E-state index in [1.165, 1.54) is 0 Å². The zero-order valence-corrected chi connectivity index (χ0v) is 8.27. The van der Waals surface area contributed by atoms with Gasteiger partial charge in [0.05, 0.1) is 0 Å². The van der Waals surface area contributed by atoms with Crippen LogP contribution in [0.2, 0.25) is 0 Å². The molecular weight excluding hydrogens is 210 g/mol. The predicted molar refractivity (Wildman–Crippen MR) is 58.3 cm³/mol. The van der Waals surface area contributed by atoms with Crippen LogP contribution in [0.4, 0.5) is 5.69 Å². The molecule has 0 saturated heterocycles. The molecule has 0 aliphatic rings. The highest BCUT2D eigenvalue weighted by molar-refractivity contribution is 7.80. The summed E-state index contributed by atoms with van der Waals surface area (Å²) in [5.41, 5.74) is 6.87. The fourth-order valence-electron chi connectivity index (χ4n) is 0.808. The predicted octanol–water partition coefficient (Wildman–Crippen LogP) is 1.61. The van der Waals surface area contributed by atoms with E-state index in [-0.39, 0.29) is 10.5 Å². The van der Waals surface area contributed by atoms with E-state index < -0.39 is 5.38 Å². The van der Waals surface area contributed by atoms with E-state index in [4.69, 9.17) is 22.4 Å². The maximum Gasteiger partial charge on any atom is 0.179 e. The van der Waals surface area contributed by atoms with Gasteiger partial charge in [-0.2, -0.15) is 0 Å². The lowest BCUT2D eigenvalue weighted by atomic mass is 10.1. The third-order valence-electron chi connectivity index (χ3n) is 1.45. The Morgan fingerprint density at radius 3 is 2.23 bits per heavy atom. The standard InChI is InChI=1S/C8H8ClNOS.H2O/c9-7(8(11)12)5-1-3-6(10)4-2-5;/h1-4,7H,10H2,(H,11,12);1H2. The van der Waals surface area contributed by atoms with Crippen molar-refractivity contribution >= 4 is 34.6 Å². The van der Waals surface area contributed by atoms with Crippen LogP contribution in [-0.4, -0.2) is 15.6 Å². The maximum atomic E-state index is 8.91. The van der Waals surface area contributed by atoms with Crippen LogP contribution in [0.1, 0.15) is 10.9 Å². The summed E-state index contributed by atoms with van der Waals surface area (Å²) < 4.78 is 0. The first-order valence-corrected chi connectivity index (χ1v) is 4.18. The Morgan fingerprint density at radius 2 is 1.85 bits per heavy atom. The molecule has 72 valence electrons. The van der Waals surface area contributed by atoms with Crippen molar-refractivity contribution < 1.29 is 10.6 Å². The lowest BCUT2D eigenvalue weighted by Gasteiger charge is -2.05. The molecule has 0 heterocycles.